The van der Waals surface area contributed by atoms with Crippen molar-refractivity contribution >= 4 is 54.3 Å². The van der Waals surface area contributed by atoms with E-state index in [4.69, 9.17) is 19.4 Å². The summed E-state index contributed by atoms with van der Waals surface area (Å²) >= 11 is 0. The van der Waals surface area contributed by atoms with Crippen LogP contribution < -0.4 is 0 Å². The second-order valence-electron chi connectivity index (χ2n) is 14.0. The number of hydrogen-bond acceptors (Lipinski definition) is 4. The van der Waals surface area contributed by atoms with Gasteiger partial charge in [-0.15, -0.1) is 0 Å². The van der Waals surface area contributed by atoms with Gasteiger partial charge in [0.1, 0.15) is 11.2 Å². The lowest BCUT2D eigenvalue weighted by molar-refractivity contribution is 0.669. The maximum absolute atomic E-state index is 6.56. The zero-order valence-corrected chi connectivity index (χ0v) is 29.6. The van der Waals surface area contributed by atoms with E-state index in [9.17, 15) is 0 Å². The van der Waals surface area contributed by atoms with Crippen LogP contribution in [-0.4, -0.2) is 15.0 Å². The van der Waals surface area contributed by atoms with Crippen LogP contribution in [0.5, 0.6) is 0 Å². The first-order valence-electron chi connectivity index (χ1n) is 18.5. The maximum atomic E-state index is 6.56. The topological polar surface area (TPSA) is 51.8 Å². The average Bonchev–Trinajstić information content (AvgIpc) is 3.65. The van der Waals surface area contributed by atoms with Crippen LogP contribution in [0.25, 0.3) is 111 Å². The molecular weight excluding hydrogens is 671 g/mol. The molecule has 0 atom stereocenters. The van der Waals surface area contributed by atoms with Crippen molar-refractivity contribution in [3.63, 3.8) is 0 Å². The van der Waals surface area contributed by atoms with Crippen molar-refractivity contribution in [3.8, 4) is 56.4 Å². The molecule has 11 rings (SSSR count). The molecule has 11 aromatic rings. The quantitative estimate of drug-likeness (QED) is 0.179. The molecule has 4 heteroatoms. The van der Waals surface area contributed by atoms with Crippen molar-refractivity contribution in [1.29, 1.82) is 0 Å². The first-order chi connectivity index (χ1) is 27.2. The minimum atomic E-state index is 0.591. The van der Waals surface area contributed by atoms with Crippen molar-refractivity contribution < 1.29 is 4.42 Å². The van der Waals surface area contributed by atoms with Crippen LogP contribution >= 0.6 is 0 Å². The average molecular weight is 702 g/mol. The minimum Gasteiger partial charge on any atom is -0.456 e. The van der Waals surface area contributed by atoms with Gasteiger partial charge in [-0.1, -0.05) is 164 Å². The van der Waals surface area contributed by atoms with Crippen LogP contribution in [0.3, 0.4) is 0 Å². The van der Waals surface area contributed by atoms with Gasteiger partial charge in [0, 0.05) is 27.5 Å². The molecule has 0 radical (unpaired) electrons. The SMILES string of the molecule is c1ccc2cc(-c3nc(-c4ccc(-c5cccc6ccccc56)cc4)nc(-c4cccc5oc6cccc(-c7ccc8ccccc8c7)c6c45)n3)ccc2c1. The minimum absolute atomic E-state index is 0.591. The first-order valence-corrected chi connectivity index (χ1v) is 18.5. The molecule has 2 heterocycles. The van der Waals surface area contributed by atoms with Gasteiger partial charge in [0.25, 0.3) is 0 Å². The molecule has 2 aromatic heterocycles. The number of nitrogens with zero attached hydrogens (tertiary/aromatic N) is 3. The van der Waals surface area contributed by atoms with Crippen LogP contribution in [0.1, 0.15) is 0 Å². The van der Waals surface area contributed by atoms with Gasteiger partial charge in [-0.05, 0) is 78.8 Å². The summed E-state index contributed by atoms with van der Waals surface area (Å²) in [6.07, 6.45) is 0. The lowest BCUT2D eigenvalue weighted by Crippen LogP contribution is -2.00. The van der Waals surface area contributed by atoms with E-state index in [0.29, 0.717) is 17.5 Å². The molecular formula is C51H31N3O. The molecule has 0 aliphatic carbocycles. The molecule has 0 aliphatic rings. The number of benzene rings is 9. The Morgan fingerprint density at radius 3 is 1.49 bits per heavy atom. The molecule has 4 nitrogen and oxygen atoms in total. The van der Waals surface area contributed by atoms with Crippen molar-refractivity contribution in [2.75, 3.05) is 0 Å². The summed E-state index contributed by atoms with van der Waals surface area (Å²) in [6.45, 7) is 0. The predicted octanol–water partition coefficient (Wildman–Crippen LogP) is 13.6. The molecule has 0 amide bonds. The molecule has 0 fully saturated rings. The monoisotopic (exact) mass is 701 g/mol. The van der Waals surface area contributed by atoms with E-state index in [1.54, 1.807) is 0 Å². The van der Waals surface area contributed by atoms with Crippen molar-refractivity contribution in [1.82, 2.24) is 15.0 Å². The van der Waals surface area contributed by atoms with E-state index in [0.717, 1.165) is 60.7 Å². The highest BCUT2D eigenvalue weighted by atomic mass is 16.3. The predicted molar refractivity (Wildman–Crippen MR) is 227 cm³/mol. The number of hydrogen-bond donors (Lipinski definition) is 0. The Kier molecular flexibility index (Phi) is 7.14. The van der Waals surface area contributed by atoms with Gasteiger partial charge in [0.2, 0.25) is 0 Å². The molecule has 0 saturated carbocycles. The molecule has 0 aliphatic heterocycles. The maximum Gasteiger partial charge on any atom is 0.164 e. The fraction of sp³-hybridized carbons (Fsp3) is 0. The van der Waals surface area contributed by atoms with E-state index in [1.165, 1.54) is 32.5 Å². The molecule has 0 bridgehead atoms. The molecule has 0 unspecified atom stereocenters. The Bertz CT molecular complexity index is 3270. The Morgan fingerprint density at radius 2 is 0.764 bits per heavy atom. The summed E-state index contributed by atoms with van der Waals surface area (Å²) < 4.78 is 6.56. The lowest BCUT2D eigenvalue weighted by atomic mass is 9.95. The Hall–Kier alpha value is -7.43. The number of rotatable bonds is 5. The fourth-order valence-corrected chi connectivity index (χ4v) is 8.01. The van der Waals surface area contributed by atoms with Crippen molar-refractivity contribution in [2.45, 2.75) is 0 Å². The number of aromatic nitrogens is 3. The summed E-state index contributed by atoms with van der Waals surface area (Å²) in [6, 6.07) is 65.8. The van der Waals surface area contributed by atoms with Crippen LogP contribution in [0.15, 0.2) is 192 Å². The molecule has 256 valence electrons. The van der Waals surface area contributed by atoms with Gasteiger partial charge >= 0.3 is 0 Å². The second kappa shape index (κ2) is 12.6. The Labute approximate surface area is 317 Å². The molecule has 9 aromatic carbocycles. The van der Waals surface area contributed by atoms with Gasteiger partial charge in [-0.2, -0.15) is 0 Å². The van der Waals surface area contributed by atoms with Crippen molar-refractivity contribution in [3.05, 3.63) is 188 Å². The van der Waals surface area contributed by atoms with Gasteiger partial charge in [0.15, 0.2) is 17.5 Å². The Morgan fingerprint density at radius 1 is 0.291 bits per heavy atom. The van der Waals surface area contributed by atoms with E-state index < -0.39 is 0 Å². The van der Waals surface area contributed by atoms with Crippen LogP contribution in [0.2, 0.25) is 0 Å². The van der Waals surface area contributed by atoms with Gasteiger partial charge in [0.05, 0.1) is 0 Å². The summed E-state index contributed by atoms with van der Waals surface area (Å²) in [5, 5.41) is 9.16. The van der Waals surface area contributed by atoms with Gasteiger partial charge in [-0.3, -0.25) is 0 Å². The summed E-state index contributed by atoms with van der Waals surface area (Å²) in [4.78, 5) is 15.6. The van der Waals surface area contributed by atoms with E-state index in [2.05, 4.69) is 170 Å². The first kappa shape index (κ1) is 31.1. The highest BCUT2D eigenvalue weighted by molar-refractivity contribution is 6.17. The van der Waals surface area contributed by atoms with Gasteiger partial charge in [-0.25, -0.2) is 15.0 Å². The summed E-state index contributed by atoms with van der Waals surface area (Å²) in [5.74, 6) is 1.81. The highest BCUT2D eigenvalue weighted by Crippen LogP contribution is 2.42. The van der Waals surface area contributed by atoms with E-state index >= 15 is 0 Å². The molecule has 55 heavy (non-hydrogen) atoms. The molecule has 0 spiro atoms. The fourth-order valence-electron chi connectivity index (χ4n) is 8.01. The summed E-state index contributed by atoms with van der Waals surface area (Å²) in [5.41, 5.74) is 8.90. The third-order valence-corrected chi connectivity index (χ3v) is 10.7. The molecule has 0 saturated heterocycles. The smallest absolute Gasteiger partial charge is 0.164 e. The van der Waals surface area contributed by atoms with E-state index in [1.807, 2.05) is 18.2 Å². The zero-order chi connectivity index (χ0) is 36.3. The number of fused-ring (bicyclic) bond motifs is 6. The molecule has 0 N–H and O–H groups in total. The summed E-state index contributed by atoms with van der Waals surface area (Å²) in [7, 11) is 0. The standard InChI is InChI=1S/C51H31N3O/c1-3-13-37-30-39(28-22-32(37)10-1)43-18-8-20-45-47(43)48-44(19-9-21-46(48)55-45)51-53-49(52-50(54-51)40-29-23-33-11-2-4-14-38(33)31-40)36-26-24-35(25-27-36)42-17-7-15-34-12-5-6-16-41(34)42/h1-31H. The van der Waals surface area contributed by atoms with Crippen LogP contribution in [0.4, 0.5) is 0 Å². The van der Waals surface area contributed by atoms with Crippen molar-refractivity contribution in [2.24, 2.45) is 0 Å². The lowest BCUT2D eigenvalue weighted by Gasteiger charge is -2.11. The number of furan rings is 1. The largest absolute Gasteiger partial charge is 0.456 e. The van der Waals surface area contributed by atoms with Gasteiger partial charge < -0.3 is 4.42 Å². The third-order valence-electron chi connectivity index (χ3n) is 10.7. The Balaban J connectivity index is 1.12. The highest BCUT2D eigenvalue weighted by Gasteiger charge is 2.20. The second-order valence-corrected chi connectivity index (χ2v) is 14.0. The van der Waals surface area contributed by atoms with Crippen LogP contribution in [0, 0.1) is 0 Å². The van der Waals surface area contributed by atoms with E-state index in [-0.39, 0.29) is 0 Å². The zero-order valence-electron chi connectivity index (χ0n) is 29.6. The normalized spacial score (nSPS) is 11.6. The van der Waals surface area contributed by atoms with Crippen LogP contribution in [-0.2, 0) is 0 Å². The third kappa shape index (κ3) is 5.34.